The Hall–Kier alpha value is -0.260. The second-order valence-corrected chi connectivity index (χ2v) is 6.12. The molecule has 2 rings (SSSR count). The minimum atomic E-state index is 0.388. The molecule has 0 aromatic carbocycles. The summed E-state index contributed by atoms with van der Waals surface area (Å²) < 4.78 is 0. The van der Waals surface area contributed by atoms with Crippen molar-refractivity contribution in [2.75, 3.05) is 0 Å². The van der Waals surface area contributed by atoms with Gasteiger partial charge in [-0.05, 0) is 41.4 Å². The lowest BCUT2D eigenvalue weighted by molar-refractivity contribution is 0.0651. The number of fused-ring (bicyclic) bond motifs is 2. The molecule has 0 aromatic rings. The van der Waals surface area contributed by atoms with E-state index in [1.807, 2.05) is 0 Å². The molecular weight excluding hydrogens is 156 g/mol. The molecule has 2 aliphatic carbocycles. The van der Waals surface area contributed by atoms with Gasteiger partial charge in [-0.3, -0.25) is 0 Å². The summed E-state index contributed by atoms with van der Waals surface area (Å²) in [5.74, 6) is 0.931. The molecule has 3 atom stereocenters. The molecule has 0 amide bonds. The quantitative estimate of drug-likeness (QED) is 0.532. The normalized spacial score (nSPS) is 52.5. The van der Waals surface area contributed by atoms with Crippen LogP contribution in [-0.2, 0) is 0 Å². The summed E-state index contributed by atoms with van der Waals surface area (Å²) in [4.78, 5) is 0. The maximum Gasteiger partial charge on any atom is -0.00874 e. The maximum atomic E-state index is 4.04. The van der Waals surface area contributed by atoms with Gasteiger partial charge in [0.15, 0.2) is 0 Å². The van der Waals surface area contributed by atoms with Gasteiger partial charge >= 0.3 is 0 Å². The molecule has 0 spiro atoms. The Morgan fingerprint density at radius 2 is 1.85 bits per heavy atom. The second-order valence-electron chi connectivity index (χ2n) is 6.12. The van der Waals surface area contributed by atoms with Gasteiger partial charge in [-0.25, -0.2) is 0 Å². The topological polar surface area (TPSA) is 0 Å². The van der Waals surface area contributed by atoms with Gasteiger partial charge in [0.25, 0.3) is 0 Å². The van der Waals surface area contributed by atoms with Crippen LogP contribution in [0.25, 0.3) is 0 Å². The Morgan fingerprint density at radius 1 is 1.23 bits per heavy atom. The van der Waals surface area contributed by atoms with Crippen molar-refractivity contribution in [2.24, 2.45) is 22.2 Å². The van der Waals surface area contributed by atoms with Gasteiger partial charge in [-0.2, -0.15) is 0 Å². The van der Waals surface area contributed by atoms with Crippen LogP contribution in [0, 0.1) is 22.2 Å². The lowest BCUT2D eigenvalue weighted by Crippen LogP contribution is -2.38. The van der Waals surface area contributed by atoms with Crippen LogP contribution in [0.1, 0.15) is 47.0 Å². The molecule has 0 aromatic heterocycles. The number of rotatable bonds is 1. The highest BCUT2D eigenvalue weighted by molar-refractivity contribution is 5.19. The van der Waals surface area contributed by atoms with Gasteiger partial charge in [-0.1, -0.05) is 33.8 Å². The minimum Gasteiger partial charge on any atom is -0.103 e. The van der Waals surface area contributed by atoms with E-state index in [-0.39, 0.29) is 0 Å². The molecule has 0 heterocycles. The van der Waals surface area contributed by atoms with E-state index in [0.29, 0.717) is 16.2 Å². The fourth-order valence-corrected chi connectivity index (χ4v) is 4.02. The third kappa shape index (κ3) is 0.782. The molecule has 74 valence electrons. The highest BCUT2D eigenvalue weighted by Crippen LogP contribution is 2.73. The van der Waals surface area contributed by atoms with Crippen molar-refractivity contribution in [3.63, 3.8) is 0 Å². The van der Waals surface area contributed by atoms with Crippen LogP contribution in [0.3, 0.4) is 0 Å². The monoisotopic (exact) mass is 178 g/mol. The van der Waals surface area contributed by atoms with E-state index in [0.717, 1.165) is 5.92 Å². The Bertz CT molecular complexity index is 251. The van der Waals surface area contributed by atoms with Crippen molar-refractivity contribution in [2.45, 2.75) is 47.0 Å². The van der Waals surface area contributed by atoms with E-state index in [9.17, 15) is 0 Å². The molecule has 2 fully saturated rings. The number of hydrogen-bond donors (Lipinski definition) is 0. The highest BCUT2D eigenvalue weighted by atomic mass is 14.7. The van der Waals surface area contributed by atoms with Crippen molar-refractivity contribution in [1.82, 2.24) is 0 Å². The standard InChI is InChI=1S/C13H22/c1-6-12(4)9-10-7-8-13(12,5)11(10,2)3/h6,10H,1,7-9H2,2-5H3. The minimum absolute atomic E-state index is 0.388. The van der Waals surface area contributed by atoms with Crippen molar-refractivity contribution in [3.8, 4) is 0 Å². The molecule has 3 unspecified atom stereocenters. The van der Waals surface area contributed by atoms with Crippen LogP contribution in [0.4, 0.5) is 0 Å². The van der Waals surface area contributed by atoms with Crippen molar-refractivity contribution in [1.29, 1.82) is 0 Å². The molecule has 0 heteroatoms. The van der Waals surface area contributed by atoms with Crippen LogP contribution in [0.15, 0.2) is 12.7 Å². The molecule has 2 saturated carbocycles. The summed E-state index contributed by atoms with van der Waals surface area (Å²) in [7, 11) is 0. The summed E-state index contributed by atoms with van der Waals surface area (Å²) in [6.45, 7) is 13.8. The second kappa shape index (κ2) is 2.21. The average molecular weight is 178 g/mol. The van der Waals surface area contributed by atoms with Crippen molar-refractivity contribution < 1.29 is 0 Å². The third-order valence-electron chi connectivity index (χ3n) is 5.82. The van der Waals surface area contributed by atoms with Crippen molar-refractivity contribution in [3.05, 3.63) is 12.7 Å². The maximum absolute atomic E-state index is 4.04. The summed E-state index contributed by atoms with van der Waals surface area (Å²) >= 11 is 0. The first-order valence-corrected chi connectivity index (χ1v) is 5.51. The third-order valence-corrected chi connectivity index (χ3v) is 5.82. The zero-order valence-corrected chi connectivity index (χ0v) is 9.48. The highest BCUT2D eigenvalue weighted by Gasteiger charge is 2.65. The predicted molar refractivity (Wildman–Crippen MR) is 57.5 cm³/mol. The van der Waals surface area contributed by atoms with E-state index in [1.54, 1.807) is 0 Å². The molecule has 2 bridgehead atoms. The smallest absolute Gasteiger partial charge is 0.00874 e. The molecule has 0 aliphatic heterocycles. The Kier molecular flexibility index (Phi) is 1.58. The van der Waals surface area contributed by atoms with Crippen LogP contribution < -0.4 is 0 Å². The Morgan fingerprint density at radius 3 is 2.08 bits per heavy atom. The van der Waals surface area contributed by atoms with Gasteiger partial charge < -0.3 is 0 Å². The van der Waals surface area contributed by atoms with Crippen LogP contribution in [0.2, 0.25) is 0 Å². The summed E-state index contributed by atoms with van der Waals surface area (Å²) in [6, 6.07) is 0. The van der Waals surface area contributed by atoms with Crippen molar-refractivity contribution >= 4 is 0 Å². The molecule has 0 saturated heterocycles. The van der Waals surface area contributed by atoms with Crippen LogP contribution >= 0.6 is 0 Å². The zero-order valence-electron chi connectivity index (χ0n) is 9.48. The van der Waals surface area contributed by atoms with Crippen LogP contribution in [0.5, 0.6) is 0 Å². The first-order chi connectivity index (χ1) is 5.87. The summed E-state index contributed by atoms with van der Waals surface area (Å²) in [5.41, 5.74) is 1.40. The van der Waals surface area contributed by atoms with Gasteiger partial charge in [0.1, 0.15) is 0 Å². The first kappa shape index (κ1) is 9.30. The lowest BCUT2D eigenvalue weighted by atomic mass is 9.59. The van der Waals surface area contributed by atoms with E-state index < -0.39 is 0 Å². The van der Waals surface area contributed by atoms with Gasteiger partial charge in [-0.15, -0.1) is 6.58 Å². The number of allylic oxidation sites excluding steroid dienone is 1. The molecule has 0 nitrogen and oxygen atoms in total. The Labute approximate surface area is 82.4 Å². The first-order valence-electron chi connectivity index (χ1n) is 5.51. The Balaban J connectivity index is 2.49. The average Bonchev–Trinajstić information content (AvgIpc) is 2.36. The molecule has 0 N–H and O–H groups in total. The van der Waals surface area contributed by atoms with E-state index in [2.05, 4.69) is 40.3 Å². The molecule has 0 radical (unpaired) electrons. The fourth-order valence-electron chi connectivity index (χ4n) is 4.02. The number of hydrogen-bond acceptors (Lipinski definition) is 0. The van der Waals surface area contributed by atoms with Gasteiger partial charge in [0.05, 0.1) is 0 Å². The predicted octanol–water partition coefficient (Wildman–Crippen LogP) is 4.02. The van der Waals surface area contributed by atoms with Crippen LogP contribution in [-0.4, -0.2) is 0 Å². The zero-order chi connectivity index (χ0) is 9.91. The molecular formula is C13H22. The largest absolute Gasteiger partial charge is 0.103 e. The molecule has 2 aliphatic rings. The summed E-state index contributed by atoms with van der Waals surface area (Å²) in [6.07, 6.45) is 6.41. The van der Waals surface area contributed by atoms with Gasteiger partial charge in [0.2, 0.25) is 0 Å². The molecule has 13 heavy (non-hydrogen) atoms. The SMILES string of the molecule is C=CC1(C)CC2CCC1(C)C2(C)C. The van der Waals surface area contributed by atoms with E-state index >= 15 is 0 Å². The fraction of sp³-hybridized carbons (Fsp3) is 0.846. The lowest BCUT2D eigenvalue weighted by Gasteiger charge is -2.45. The van der Waals surface area contributed by atoms with E-state index in [1.165, 1.54) is 19.3 Å². The summed E-state index contributed by atoms with van der Waals surface area (Å²) in [5, 5.41) is 0. The van der Waals surface area contributed by atoms with Gasteiger partial charge in [0, 0.05) is 0 Å². The van der Waals surface area contributed by atoms with E-state index in [4.69, 9.17) is 0 Å².